The predicted molar refractivity (Wildman–Crippen MR) is 116 cm³/mol. The molecule has 3 rings (SSSR count). The zero-order chi connectivity index (χ0) is 21.9. The van der Waals surface area contributed by atoms with E-state index in [4.69, 9.17) is 23.2 Å². The largest absolute Gasteiger partial charge is 0.321 e. The summed E-state index contributed by atoms with van der Waals surface area (Å²) in [5.74, 6) is -0.963. The predicted octanol–water partition coefficient (Wildman–Crippen LogP) is 4.30. The summed E-state index contributed by atoms with van der Waals surface area (Å²) >= 11 is 12.5. The van der Waals surface area contributed by atoms with E-state index in [0.717, 1.165) is 6.26 Å². The average Bonchev–Trinajstić information content (AvgIpc) is 2.70. The van der Waals surface area contributed by atoms with Gasteiger partial charge in [-0.25, -0.2) is 8.42 Å². The van der Waals surface area contributed by atoms with E-state index in [-0.39, 0.29) is 31.9 Å². The standard InChI is InChI=1S/C20H15Cl2N3O4S/c1-30(28,29)14-7-5-12(6-8-14)19(26)25-18-15(21)10-13(11-16(18)22)24-20(27)17-4-2-3-9-23-17/h2-11H,1H3,(H,24,27)(H,25,26). The van der Waals surface area contributed by atoms with Crippen molar-refractivity contribution < 1.29 is 18.0 Å². The number of nitrogens with zero attached hydrogens (tertiary/aromatic N) is 1. The van der Waals surface area contributed by atoms with Crippen molar-refractivity contribution in [2.75, 3.05) is 16.9 Å². The maximum atomic E-state index is 12.5. The van der Waals surface area contributed by atoms with E-state index in [1.807, 2.05) is 0 Å². The van der Waals surface area contributed by atoms with Crippen LogP contribution in [0.1, 0.15) is 20.8 Å². The topological polar surface area (TPSA) is 105 Å². The number of anilines is 2. The summed E-state index contributed by atoms with van der Waals surface area (Å²) in [6.07, 6.45) is 2.58. The zero-order valence-electron chi connectivity index (χ0n) is 15.5. The number of halogens is 2. The minimum atomic E-state index is -3.37. The number of sulfone groups is 1. The first kappa shape index (κ1) is 21.8. The lowest BCUT2D eigenvalue weighted by atomic mass is 10.2. The summed E-state index contributed by atoms with van der Waals surface area (Å²) in [5, 5.41) is 5.44. The molecule has 0 aliphatic heterocycles. The summed E-state index contributed by atoms with van der Waals surface area (Å²) in [6, 6.07) is 13.3. The number of carbonyl (C=O) groups is 2. The fourth-order valence-electron chi connectivity index (χ4n) is 2.50. The van der Waals surface area contributed by atoms with Crippen LogP contribution in [0.25, 0.3) is 0 Å². The number of pyridine rings is 1. The van der Waals surface area contributed by atoms with Crippen molar-refractivity contribution in [3.05, 3.63) is 82.1 Å². The van der Waals surface area contributed by atoms with Crippen LogP contribution in [-0.4, -0.2) is 31.5 Å². The molecule has 0 saturated heterocycles. The lowest BCUT2D eigenvalue weighted by Crippen LogP contribution is -2.15. The lowest BCUT2D eigenvalue weighted by molar-refractivity contribution is 0.101. The second-order valence-electron chi connectivity index (χ2n) is 6.23. The van der Waals surface area contributed by atoms with Crippen molar-refractivity contribution in [1.82, 2.24) is 4.98 Å². The Morgan fingerprint density at radius 3 is 2.07 bits per heavy atom. The Morgan fingerprint density at radius 1 is 0.900 bits per heavy atom. The number of nitrogens with one attached hydrogen (secondary N) is 2. The smallest absolute Gasteiger partial charge is 0.274 e. The first-order valence-corrected chi connectivity index (χ1v) is 11.1. The molecule has 0 unspecified atom stereocenters. The second-order valence-corrected chi connectivity index (χ2v) is 9.06. The zero-order valence-corrected chi connectivity index (χ0v) is 17.8. The average molecular weight is 464 g/mol. The van der Waals surface area contributed by atoms with Crippen molar-refractivity contribution in [2.24, 2.45) is 0 Å². The van der Waals surface area contributed by atoms with E-state index in [2.05, 4.69) is 15.6 Å². The van der Waals surface area contributed by atoms with Crippen LogP contribution in [0.15, 0.2) is 65.7 Å². The van der Waals surface area contributed by atoms with Gasteiger partial charge in [0.05, 0.1) is 20.6 Å². The molecule has 3 aromatic rings. The molecule has 0 radical (unpaired) electrons. The fourth-order valence-corrected chi connectivity index (χ4v) is 3.71. The van der Waals surface area contributed by atoms with Crippen LogP contribution in [0, 0.1) is 0 Å². The normalized spacial score (nSPS) is 11.0. The third-order valence-corrected chi connectivity index (χ3v) is 5.71. The lowest BCUT2D eigenvalue weighted by Gasteiger charge is -2.12. The molecule has 2 aromatic carbocycles. The molecule has 2 amide bonds. The van der Waals surface area contributed by atoms with Gasteiger partial charge in [-0.05, 0) is 48.5 Å². The van der Waals surface area contributed by atoms with Crippen molar-refractivity contribution >= 4 is 56.2 Å². The van der Waals surface area contributed by atoms with Crippen molar-refractivity contribution in [1.29, 1.82) is 0 Å². The molecule has 0 bridgehead atoms. The molecule has 0 spiro atoms. The number of rotatable bonds is 5. The molecule has 0 aliphatic rings. The van der Waals surface area contributed by atoms with Crippen molar-refractivity contribution in [3.8, 4) is 0 Å². The van der Waals surface area contributed by atoms with E-state index in [9.17, 15) is 18.0 Å². The Kier molecular flexibility index (Phi) is 6.40. The molecule has 2 N–H and O–H groups in total. The van der Waals surface area contributed by atoms with Gasteiger partial charge in [0.1, 0.15) is 5.69 Å². The summed E-state index contributed by atoms with van der Waals surface area (Å²) < 4.78 is 23.0. The summed E-state index contributed by atoms with van der Waals surface area (Å²) in [5.41, 5.74) is 0.934. The van der Waals surface area contributed by atoms with Gasteiger partial charge in [0.2, 0.25) is 0 Å². The third kappa shape index (κ3) is 5.15. The van der Waals surface area contributed by atoms with Gasteiger partial charge in [-0.2, -0.15) is 0 Å². The van der Waals surface area contributed by atoms with Gasteiger partial charge in [-0.1, -0.05) is 29.3 Å². The van der Waals surface area contributed by atoms with Crippen LogP contribution >= 0.6 is 23.2 Å². The van der Waals surface area contributed by atoms with Gasteiger partial charge in [0.15, 0.2) is 9.84 Å². The summed E-state index contributed by atoms with van der Waals surface area (Å²) in [4.78, 5) is 28.7. The number of hydrogen-bond acceptors (Lipinski definition) is 5. The molecular formula is C20H15Cl2N3O4S. The van der Waals surface area contributed by atoms with Crippen LogP contribution in [0.3, 0.4) is 0 Å². The Labute approximate surface area is 183 Å². The number of carbonyl (C=O) groups excluding carboxylic acids is 2. The molecule has 10 heteroatoms. The first-order chi connectivity index (χ1) is 14.1. The number of aromatic nitrogens is 1. The highest BCUT2D eigenvalue weighted by Gasteiger charge is 2.16. The van der Waals surface area contributed by atoms with Gasteiger partial charge in [0.25, 0.3) is 11.8 Å². The fraction of sp³-hybridized carbons (Fsp3) is 0.0500. The Bertz CT molecular complexity index is 1190. The quantitative estimate of drug-likeness (QED) is 0.586. The third-order valence-electron chi connectivity index (χ3n) is 3.98. The molecule has 0 fully saturated rings. The minimum absolute atomic E-state index is 0.100. The molecule has 1 heterocycles. The van der Waals surface area contributed by atoms with Gasteiger partial charge in [-0.3, -0.25) is 14.6 Å². The molecule has 0 aliphatic carbocycles. The monoisotopic (exact) mass is 463 g/mol. The van der Waals surface area contributed by atoms with E-state index < -0.39 is 21.7 Å². The Hall–Kier alpha value is -2.94. The van der Waals surface area contributed by atoms with Crippen molar-refractivity contribution in [2.45, 2.75) is 4.90 Å². The molecule has 154 valence electrons. The highest BCUT2D eigenvalue weighted by Crippen LogP contribution is 2.34. The van der Waals surface area contributed by atoms with E-state index in [0.29, 0.717) is 5.69 Å². The van der Waals surface area contributed by atoms with Gasteiger partial charge >= 0.3 is 0 Å². The highest BCUT2D eigenvalue weighted by atomic mass is 35.5. The number of benzene rings is 2. The van der Waals surface area contributed by atoms with Gasteiger partial charge in [-0.15, -0.1) is 0 Å². The molecular weight excluding hydrogens is 449 g/mol. The van der Waals surface area contributed by atoms with E-state index in [1.54, 1.807) is 18.2 Å². The van der Waals surface area contributed by atoms with E-state index in [1.165, 1.54) is 42.6 Å². The second kappa shape index (κ2) is 8.83. The molecule has 30 heavy (non-hydrogen) atoms. The Morgan fingerprint density at radius 2 is 1.53 bits per heavy atom. The van der Waals surface area contributed by atoms with Gasteiger partial charge < -0.3 is 10.6 Å². The maximum absolute atomic E-state index is 12.5. The number of amides is 2. The Balaban J connectivity index is 1.77. The first-order valence-electron chi connectivity index (χ1n) is 8.48. The van der Waals surface area contributed by atoms with Crippen LogP contribution in [0.5, 0.6) is 0 Å². The van der Waals surface area contributed by atoms with Crippen LogP contribution < -0.4 is 10.6 Å². The van der Waals surface area contributed by atoms with Crippen LogP contribution in [-0.2, 0) is 9.84 Å². The molecule has 0 atom stereocenters. The minimum Gasteiger partial charge on any atom is -0.321 e. The summed E-state index contributed by atoms with van der Waals surface area (Å²) in [6.45, 7) is 0. The van der Waals surface area contributed by atoms with Gasteiger partial charge in [0, 0.05) is 23.7 Å². The molecule has 7 nitrogen and oxygen atoms in total. The van der Waals surface area contributed by atoms with Crippen molar-refractivity contribution in [3.63, 3.8) is 0 Å². The number of hydrogen-bond donors (Lipinski definition) is 2. The highest BCUT2D eigenvalue weighted by molar-refractivity contribution is 7.90. The van der Waals surface area contributed by atoms with Crippen LogP contribution in [0.2, 0.25) is 10.0 Å². The maximum Gasteiger partial charge on any atom is 0.274 e. The SMILES string of the molecule is CS(=O)(=O)c1ccc(C(=O)Nc2c(Cl)cc(NC(=O)c3ccccn3)cc2Cl)cc1. The molecule has 1 aromatic heterocycles. The molecule has 0 saturated carbocycles. The van der Waals surface area contributed by atoms with Crippen LogP contribution in [0.4, 0.5) is 11.4 Å². The van der Waals surface area contributed by atoms with E-state index >= 15 is 0 Å². The summed E-state index contributed by atoms with van der Waals surface area (Å²) in [7, 11) is -3.37.